The summed E-state index contributed by atoms with van der Waals surface area (Å²) in [6, 6.07) is -0.0192. The van der Waals surface area contributed by atoms with Crippen molar-refractivity contribution in [3.05, 3.63) is 0 Å². The third-order valence-corrected chi connectivity index (χ3v) is 3.91. The van der Waals surface area contributed by atoms with E-state index >= 15 is 0 Å². The van der Waals surface area contributed by atoms with Crippen molar-refractivity contribution < 1.29 is 14.7 Å². The fourth-order valence-corrected chi connectivity index (χ4v) is 2.56. The number of piperidine rings is 1. The molecule has 1 heterocycles. The van der Waals surface area contributed by atoms with Crippen LogP contribution in [0.1, 0.15) is 25.7 Å². The number of hydrogen-bond acceptors (Lipinski definition) is 3. The van der Waals surface area contributed by atoms with Gasteiger partial charge in [0.15, 0.2) is 0 Å². The molecule has 1 rings (SSSR count). The van der Waals surface area contributed by atoms with E-state index in [1.807, 2.05) is 7.05 Å². The minimum absolute atomic E-state index is 0.0192. The minimum atomic E-state index is -0.814. The normalized spacial score (nSPS) is 16.9. The number of urea groups is 1. The van der Waals surface area contributed by atoms with E-state index in [2.05, 4.69) is 11.9 Å². The van der Waals surface area contributed by atoms with Gasteiger partial charge in [-0.05, 0) is 45.3 Å². The molecule has 0 aromatic heterocycles. The molecule has 0 aromatic rings. The van der Waals surface area contributed by atoms with Gasteiger partial charge in [-0.2, -0.15) is 0 Å². The average molecular weight is 285 g/mol. The second-order valence-corrected chi connectivity index (χ2v) is 5.83. The van der Waals surface area contributed by atoms with Gasteiger partial charge in [0.25, 0.3) is 0 Å². The fraction of sp³-hybridized carbons (Fsp3) is 0.857. The molecule has 1 fully saturated rings. The lowest BCUT2D eigenvalue weighted by Gasteiger charge is -2.33. The molecule has 0 saturated carbocycles. The Morgan fingerprint density at radius 3 is 2.35 bits per heavy atom. The molecule has 0 spiro atoms. The van der Waals surface area contributed by atoms with Gasteiger partial charge in [-0.25, -0.2) is 4.79 Å². The Morgan fingerprint density at radius 2 is 1.80 bits per heavy atom. The molecule has 0 atom stereocenters. The van der Waals surface area contributed by atoms with Crippen LogP contribution in [0.5, 0.6) is 0 Å². The highest BCUT2D eigenvalue weighted by molar-refractivity contribution is 5.74. The summed E-state index contributed by atoms with van der Waals surface area (Å²) in [7, 11) is 5.69. The first kappa shape index (κ1) is 16.8. The van der Waals surface area contributed by atoms with Crippen LogP contribution in [0.2, 0.25) is 0 Å². The lowest BCUT2D eigenvalue weighted by molar-refractivity contribution is -0.137. The van der Waals surface area contributed by atoms with E-state index in [9.17, 15) is 9.59 Å². The van der Waals surface area contributed by atoms with E-state index in [1.54, 1.807) is 16.8 Å². The van der Waals surface area contributed by atoms with Crippen molar-refractivity contribution in [3.8, 4) is 0 Å². The maximum atomic E-state index is 12.2. The Kier molecular flexibility index (Phi) is 6.78. The summed E-state index contributed by atoms with van der Waals surface area (Å²) < 4.78 is 0. The monoisotopic (exact) mass is 285 g/mol. The SMILES string of the molecule is CN1CCC(CN(C)C(=O)N(C)CCCC(=O)O)CC1. The molecule has 1 N–H and O–H groups in total. The number of nitrogens with zero attached hydrogens (tertiary/aromatic N) is 3. The molecule has 0 aliphatic carbocycles. The summed E-state index contributed by atoms with van der Waals surface area (Å²) >= 11 is 0. The molecule has 1 aliphatic heterocycles. The Bertz CT molecular complexity index is 328. The number of carbonyl (C=O) groups excluding carboxylic acids is 1. The first-order valence-corrected chi connectivity index (χ1v) is 7.26. The van der Waals surface area contributed by atoms with Gasteiger partial charge >= 0.3 is 12.0 Å². The predicted octanol–water partition coefficient (Wildman–Crippen LogP) is 1.18. The van der Waals surface area contributed by atoms with E-state index < -0.39 is 5.97 Å². The van der Waals surface area contributed by atoms with Crippen LogP contribution < -0.4 is 0 Å². The number of aliphatic carboxylic acids is 1. The summed E-state index contributed by atoms with van der Waals surface area (Å²) in [5.74, 6) is -0.238. The summed E-state index contributed by atoms with van der Waals surface area (Å²) in [6.45, 7) is 3.47. The molecule has 20 heavy (non-hydrogen) atoms. The van der Waals surface area contributed by atoms with Crippen LogP contribution >= 0.6 is 0 Å². The van der Waals surface area contributed by atoms with E-state index in [0.717, 1.165) is 32.5 Å². The van der Waals surface area contributed by atoms with Crippen LogP contribution in [-0.4, -0.2) is 79.1 Å². The topological polar surface area (TPSA) is 64.1 Å². The molecule has 0 bridgehead atoms. The van der Waals surface area contributed by atoms with Gasteiger partial charge in [0, 0.05) is 33.6 Å². The lowest BCUT2D eigenvalue weighted by Crippen LogP contribution is -2.43. The Labute approximate surface area is 121 Å². The summed E-state index contributed by atoms with van der Waals surface area (Å²) in [5, 5.41) is 8.59. The third kappa shape index (κ3) is 5.77. The zero-order chi connectivity index (χ0) is 15.1. The molecular formula is C14H27N3O3. The van der Waals surface area contributed by atoms with E-state index in [-0.39, 0.29) is 12.5 Å². The minimum Gasteiger partial charge on any atom is -0.481 e. The number of rotatable bonds is 6. The second-order valence-electron chi connectivity index (χ2n) is 5.83. The third-order valence-electron chi connectivity index (χ3n) is 3.91. The molecule has 0 unspecified atom stereocenters. The van der Waals surface area contributed by atoms with Crippen LogP contribution in [0.3, 0.4) is 0 Å². The quantitative estimate of drug-likeness (QED) is 0.796. The average Bonchev–Trinajstić information content (AvgIpc) is 2.39. The fourth-order valence-electron chi connectivity index (χ4n) is 2.56. The highest BCUT2D eigenvalue weighted by Gasteiger charge is 2.21. The molecule has 6 nitrogen and oxygen atoms in total. The highest BCUT2D eigenvalue weighted by atomic mass is 16.4. The smallest absolute Gasteiger partial charge is 0.319 e. The number of carbonyl (C=O) groups is 2. The van der Waals surface area contributed by atoms with Crippen LogP contribution in [0.4, 0.5) is 4.79 Å². The van der Waals surface area contributed by atoms with Crippen molar-refractivity contribution in [1.29, 1.82) is 0 Å². The van der Waals surface area contributed by atoms with Crippen molar-refractivity contribution in [2.24, 2.45) is 5.92 Å². The molecule has 0 aromatic carbocycles. The first-order chi connectivity index (χ1) is 9.40. The zero-order valence-corrected chi connectivity index (χ0v) is 12.8. The molecule has 1 aliphatic rings. The van der Waals surface area contributed by atoms with Crippen LogP contribution in [-0.2, 0) is 4.79 Å². The van der Waals surface area contributed by atoms with Crippen molar-refractivity contribution in [3.63, 3.8) is 0 Å². The van der Waals surface area contributed by atoms with Crippen molar-refractivity contribution >= 4 is 12.0 Å². The van der Waals surface area contributed by atoms with E-state index in [1.165, 1.54) is 0 Å². The van der Waals surface area contributed by atoms with Gasteiger partial charge in [0.2, 0.25) is 0 Å². The van der Waals surface area contributed by atoms with Gasteiger partial charge in [0.1, 0.15) is 0 Å². The molecule has 0 radical (unpaired) electrons. The zero-order valence-electron chi connectivity index (χ0n) is 12.8. The predicted molar refractivity (Wildman–Crippen MR) is 77.7 cm³/mol. The highest BCUT2D eigenvalue weighted by Crippen LogP contribution is 2.17. The standard InChI is InChI=1S/C14H27N3O3/c1-15-9-6-12(7-10-15)11-17(3)14(20)16(2)8-4-5-13(18)19/h12H,4-11H2,1-3H3,(H,18,19). The number of amides is 2. The summed E-state index contributed by atoms with van der Waals surface area (Å²) in [6.07, 6.45) is 2.88. The summed E-state index contributed by atoms with van der Waals surface area (Å²) in [4.78, 5) is 28.3. The van der Waals surface area contributed by atoms with Crippen molar-refractivity contribution in [2.45, 2.75) is 25.7 Å². The van der Waals surface area contributed by atoms with Gasteiger partial charge in [-0.3, -0.25) is 4.79 Å². The number of hydrogen-bond donors (Lipinski definition) is 1. The second kappa shape index (κ2) is 8.09. The van der Waals surface area contributed by atoms with Crippen molar-refractivity contribution in [1.82, 2.24) is 14.7 Å². The Balaban J connectivity index is 2.28. The maximum absolute atomic E-state index is 12.2. The first-order valence-electron chi connectivity index (χ1n) is 7.26. The lowest BCUT2D eigenvalue weighted by atomic mass is 9.97. The van der Waals surface area contributed by atoms with Crippen LogP contribution in [0.15, 0.2) is 0 Å². The number of likely N-dealkylation sites (tertiary alicyclic amines) is 1. The van der Waals surface area contributed by atoms with Gasteiger partial charge in [-0.15, -0.1) is 0 Å². The molecule has 6 heteroatoms. The Morgan fingerprint density at radius 1 is 1.20 bits per heavy atom. The summed E-state index contributed by atoms with van der Waals surface area (Å²) in [5.41, 5.74) is 0. The van der Waals surface area contributed by atoms with Gasteiger partial charge in [0.05, 0.1) is 0 Å². The Hall–Kier alpha value is -1.30. The number of carboxylic acid groups (broad SMARTS) is 1. The molecule has 1 saturated heterocycles. The molecular weight excluding hydrogens is 258 g/mol. The van der Waals surface area contributed by atoms with Crippen LogP contribution in [0, 0.1) is 5.92 Å². The molecule has 116 valence electrons. The maximum Gasteiger partial charge on any atom is 0.319 e. The molecule has 2 amide bonds. The van der Waals surface area contributed by atoms with E-state index in [4.69, 9.17) is 5.11 Å². The van der Waals surface area contributed by atoms with Crippen LogP contribution in [0.25, 0.3) is 0 Å². The van der Waals surface area contributed by atoms with E-state index in [0.29, 0.717) is 18.9 Å². The van der Waals surface area contributed by atoms with Gasteiger partial charge in [-0.1, -0.05) is 0 Å². The largest absolute Gasteiger partial charge is 0.481 e. The van der Waals surface area contributed by atoms with Gasteiger partial charge < -0.3 is 19.8 Å². The number of carboxylic acids is 1. The van der Waals surface area contributed by atoms with Crippen molar-refractivity contribution in [2.75, 3.05) is 47.3 Å².